The minimum Gasteiger partial charge on any atom is -0.358 e. The molecule has 6 heteroatoms. The Labute approximate surface area is 102 Å². The van der Waals surface area contributed by atoms with E-state index in [9.17, 15) is 18.0 Å². The van der Waals surface area contributed by atoms with Gasteiger partial charge in [-0.3, -0.25) is 4.79 Å². The van der Waals surface area contributed by atoms with Crippen molar-refractivity contribution in [3.63, 3.8) is 0 Å². The summed E-state index contributed by atoms with van der Waals surface area (Å²) in [5.74, 6) is -0.209. The predicted octanol–water partition coefficient (Wildman–Crippen LogP) is 2.63. The molecule has 1 N–H and O–H groups in total. The van der Waals surface area contributed by atoms with Crippen LogP contribution in [-0.2, 0) is 11.0 Å². The average molecular weight is 256 g/mol. The third-order valence-corrected chi connectivity index (χ3v) is 3.45. The zero-order valence-electron chi connectivity index (χ0n) is 9.42. The standard InChI is InChI=1S/C12H11F3N2O/c13-12(14,15)7-3-4-9-8(6-7)16-11(18)10-2-1-5-17(9)10/h3-4,6,10H,1-2,5H2,(H,16,18). The van der Waals surface area contributed by atoms with E-state index in [1.165, 1.54) is 6.07 Å². The number of carbonyl (C=O) groups is 1. The molecular formula is C12H11F3N2O. The van der Waals surface area contributed by atoms with Gasteiger partial charge in [-0.25, -0.2) is 0 Å². The van der Waals surface area contributed by atoms with Crippen molar-refractivity contribution in [2.45, 2.75) is 25.1 Å². The van der Waals surface area contributed by atoms with Crippen molar-refractivity contribution in [1.29, 1.82) is 0 Å². The summed E-state index contributed by atoms with van der Waals surface area (Å²) in [5, 5.41) is 2.56. The first-order valence-electron chi connectivity index (χ1n) is 5.75. The fraction of sp³-hybridized carbons (Fsp3) is 0.417. The van der Waals surface area contributed by atoms with Crippen LogP contribution in [0.25, 0.3) is 0 Å². The lowest BCUT2D eigenvalue weighted by Gasteiger charge is -2.33. The Kier molecular flexibility index (Phi) is 2.30. The van der Waals surface area contributed by atoms with Crippen LogP contribution in [0.15, 0.2) is 18.2 Å². The molecule has 0 radical (unpaired) electrons. The van der Waals surface area contributed by atoms with Crippen LogP contribution < -0.4 is 10.2 Å². The molecule has 0 spiro atoms. The van der Waals surface area contributed by atoms with Gasteiger partial charge in [0, 0.05) is 6.54 Å². The third kappa shape index (κ3) is 1.63. The zero-order valence-corrected chi connectivity index (χ0v) is 9.42. The molecule has 1 fully saturated rings. The summed E-state index contributed by atoms with van der Waals surface area (Å²) in [4.78, 5) is 13.6. The maximum Gasteiger partial charge on any atom is 0.416 e. The number of carbonyl (C=O) groups excluding carboxylic acids is 1. The molecule has 0 aromatic heterocycles. The highest BCUT2D eigenvalue weighted by atomic mass is 19.4. The molecule has 1 amide bonds. The summed E-state index contributed by atoms with van der Waals surface area (Å²) in [6.45, 7) is 0.719. The lowest BCUT2D eigenvalue weighted by Crippen LogP contribution is -2.43. The van der Waals surface area contributed by atoms with Crippen molar-refractivity contribution in [1.82, 2.24) is 0 Å². The van der Waals surface area contributed by atoms with Gasteiger partial charge < -0.3 is 10.2 Å². The Balaban J connectivity index is 2.05. The third-order valence-electron chi connectivity index (χ3n) is 3.45. The van der Waals surface area contributed by atoms with Crippen molar-refractivity contribution in [2.24, 2.45) is 0 Å². The lowest BCUT2D eigenvalue weighted by molar-refractivity contribution is -0.137. The summed E-state index contributed by atoms with van der Waals surface area (Å²) in [5.41, 5.74) is 0.206. The number of nitrogens with one attached hydrogen (secondary N) is 1. The number of fused-ring (bicyclic) bond motifs is 3. The van der Waals surface area contributed by atoms with Crippen LogP contribution >= 0.6 is 0 Å². The number of halogens is 3. The van der Waals surface area contributed by atoms with Gasteiger partial charge in [0.1, 0.15) is 6.04 Å². The quantitative estimate of drug-likeness (QED) is 0.774. The molecule has 2 aliphatic rings. The summed E-state index contributed by atoms with van der Waals surface area (Å²) < 4.78 is 37.8. The second-order valence-corrected chi connectivity index (χ2v) is 4.57. The smallest absolute Gasteiger partial charge is 0.358 e. The van der Waals surface area contributed by atoms with E-state index in [1.807, 2.05) is 4.90 Å². The van der Waals surface area contributed by atoms with Gasteiger partial charge in [0.2, 0.25) is 5.91 Å². The van der Waals surface area contributed by atoms with Crippen LogP contribution in [0.3, 0.4) is 0 Å². The normalized spacial score (nSPS) is 22.5. The molecule has 1 aromatic carbocycles. The fourth-order valence-electron chi connectivity index (χ4n) is 2.61. The molecule has 0 saturated carbocycles. The second kappa shape index (κ2) is 3.63. The molecule has 1 atom stereocenters. The number of benzene rings is 1. The second-order valence-electron chi connectivity index (χ2n) is 4.57. The molecule has 18 heavy (non-hydrogen) atoms. The summed E-state index contributed by atoms with van der Waals surface area (Å²) in [6, 6.07) is 3.28. The summed E-state index contributed by atoms with van der Waals surface area (Å²) in [7, 11) is 0. The van der Waals surface area contributed by atoms with Crippen molar-refractivity contribution in [2.75, 3.05) is 16.8 Å². The number of alkyl halides is 3. The van der Waals surface area contributed by atoms with Crippen molar-refractivity contribution in [3.05, 3.63) is 23.8 Å². The van der Waals surface area contributed by atoms with E-state index in [1.54, 1.807) is 0 Å². The number of anilines is 2. The predicted molar refractivity (Wildman–Crippen MR) is 60.4 cm³/mol. The van der Waals surface area contributed by atoms with Gasteiger partial charge in [-0.1, -0.05) is 0 Å². The van der Waals surface area contributed by atoms with Crippen molar-refractivity contribution >= 4 is 17.3 Å². The molecular weight excluding hydrogens is 245 g/mol. The van der Waals surface area contributed by atoms with Crippen molar-refractivity contribution in [3.8, 4) is 0 Å². The van der Waals surface area contributed by atoms with E-state index >= 15 is 0 Å². The Hall–Kier alpha value is -1.72. The SMILES string of the molecule is O=C1Nc2cc(C(F)(F)F)ccc2N2CCCC12. The Bertz CT molecular complexity index is 513. The molecule has 1 unspecified atom stereocenters. The highest BCUT2D eigenvalue weighted by Crippen LogP contribution is 2.40. The van der Waals surface area contributed by atoms with Gasteiger partial charge in [-0.15, -0.1) is 0 Å². The van der Waals surface area contributed by atoms with Crippen LogP contribution in [0.2, 0.25) is 0 Å². The van der Waals surface area contributed by atoms with E-state index in [0.717, 1.165) is 31.5 Å². The molecule has 0 aliphatic carbocycles. The molecule has 3 rings (SSSR count). The minimum atomic E-state index is -4.39. The molecule has 1 saturated heterocycles. The number of nitrogens with zero attached hydrogens (tertiary/aromatic N) is 1. The van der Waals surface area contributed by atoms with Gasteiger partial charge in [0.25, 0.3) is 0 Å². The van der Waals surface area contributed by atoms with E-state index in [4.69, 9.17) is 0 Å². The molecule has 3 nitrogen and oxygen atoms in total. The van der Waals surface area contributed by atoms with Crippen LogP contribution in [0.4, 0.5) is 24.5 Å². The van der Waals surface area contributed by atoms with Crippen LogP contribution in [0.5, 0.6) is 0 Å². The summed E-state index contributed by atoms with van der Waals surface area (Å²) in [6.07, 6.45) is -2.74. The van der Waals surface area contributed by atoms with Gasteiger partial charge >= 0.3 is 6.18 Å². The fourth-order valence-corrected chi connectivity index (χ4v) is 2.61. The number of hydrogen-bond donors (Lipinski definition) is 1. The highest BCUT2D eigenvalue weighted by Gasteiger charge is 2.38. The van der Waals surface area contributed by atoms with E-state index in [2.05, 4.69) is 5.32 Å². The molecule has 1 aromatic rings. The van der Waals surface area contributed by atoms with Gasteiger partial charge in [-0.2, -0.15) is 13.2 Å². The summed E-state index contributed by atoms with van der Waals surface area (Å²) >= 11 is 0. The topological polar surface area (TPSA) is 32.3 Å². The number of rotatable bonds is 0. The molecule has 96 valence electrons. The van der Waals surface area contributed by atoms with Crippen LogP contribution in [0, 0.1) is 0 Å². The zero-order chi connectivity index (χ0) is 12.9. The first kappa shape index (κ1) is 11.4. The molecule has 2 heterocycles. The Morgan fingerprint density at radius 3 is 2.83 bits per heavy atom. The Morgan fingerprint density at radius 1 is 1.33 bits per heavy atom. The number of amides is 1. The van der Waals surface area contributed by atoms with E-state index in [0.29, 0.717) is 5.69 Å². The van der Waals surface area contributed by atoms with Gasteiger partial charge in [0.15, 0.2) is 0 Å². The van der Waals surface area contributed by atoms with E-state index in [-0.39, 0.29) is 17.6 Å². The highest BCUT2D eigenvalue weighted by molar-refractivity contribution is 6.04. The largest absolute Gasteiger partial charge is 0.416 e. The molecule has 2 aliphatic heterocycles. The Morgan fingerprint density at radius 2 is 2.11 bits per heavy atom. The monoisotopic (exact) mass is 256 g/mol. The lowest BCUT2D eigenvalue weighted by atomic mass is 10.1. The minimum absolute atomic E-state index is 0.209. The maximum absolute atomic E-state index is 12.6. The van der Waals surface area contributed by atoms with E-state index < -0.39 is 11.7 Å². The van der Waals surface area contributed by atoms with Crippen molar-refractivity contribution < 1.29 is 18.0 Å². The van der Waals surface area contributed by atoms with Crippen LogP contribution in [0.1, 0.15) is 18.4 Å². The van der Waals surface area contributed by atoms with Crippen LogP contribution in [-0.4, -0.2) is 18.5 Å². The van der Waals surface area contributed by atoms with Gasteiger partial charge in [0.05, 0.1) is 16.9 Å². The average Bonchev–Trinajstić information content (AvgIpc) is 2.77. The maximum atomic E-state index is 12.6. The number of hydrogen-bond acceptors (Lipinski definition) is 2. The molecule has 0 bridgehead atoms. The first-order valence-corrected chi connectivity index (χ1v) is 5.75. The first-order chi connectivity index (χ1) is 8.47. The van der Waals surface area contributed by atoms with Gasteiger partial charge in [-0.05, 0) is 31.0 Å².